The van der Waals surface area contributed by atoms with Gasteiger partial charge in [-0.2, -0.15) is 0 Å². The minimum atomic E-state index is -1.92. The van der Waals surface area contributed by atoms with Gasteiger partial charge in [0, 0.05) is 0 Å². The lowest BCUT2D eigenvalue weighted by atomic mass is 10.8. The lowest BCUT2D eigenvalue weighted by molar-refractivity contribution is 0.143. The van der Waals surface area contributed by atoms with Gasteiger partial charge in [-0.05, 0) is 13.8 Å². The summed E-state index contributed by atoms with van der Waals surface area (Å²) in [5, 5.41) is -0.561. The number of halogens is 2. The van der Waals surface area contributed by atoms with Crippen LogP contribution in [0.3, 0.4) is 0 Å². The highest BCUT2D eigenvalue weighted by Crippen LogP contribution is 2.38. The average molecular weight is 404 g/mol. The predicted molar refractivity (Wildman–Crippen MR) is 69.1 cm³/mol. The van der Waals surface area contributed by atoms with Crippen LogP contribution in [0.25, 0.3) is 0 Å². The third-order valence-electron chi connectivity index (χ3n) is 0.958. The molecule has 98 valence electrons. The van der Waals surface area contributed by atoms with E-state index >= 15 is 0 Å². The number of hydrogen-bond acceptors (Lipinski definition) is 6. The molecule has 4 unspecified atom stereocenters. The maximum atomic E-state index is 9.17. The normalized spacial score (nSPS) is 19.1. The van der Waals surface area contributed by atoms with Crippen LogP contribution in [0.15, 0.2) is 0 Å². The average Bonchev–Trinajstić information content (AvgIpc) is 2.10. The molecule has 4 atom stereocenters. The molecule has 6 nitrogen and oxygen atoms in total. The summed E-state index contributed by atoms with van der Waals surface area (Å²) in [6, 6.07) is 0. The Labute approximate surface area is 114 Å². The Hall–Kier alpha value is 1.58. The summed E-state index contributed by atoms with van der Waals surface area (Å²) in [4.78, 5) is 18.3. The van der Waals surface area contributed by atoms with E-state index in [0.29, 0.717) is 0 Å². The van der Waals surface area contributed by atoms with E-state index in [1.165, 1.54) is 0 Å². The Morgan fingerprint density at radius 1 is 0.938 bits per heavy atom. The van der Waals surface area contributed by atoms with E-state index in [1.807, 2.05) is 0 Å². The third kappa shape index (κ3) is 12.0. The molecule has 0 aromatic rings. The first-order valence-corrected chi connectivity index (χ1v) is 8.36. The van der Waals surface area contributed by atoms with Gasteiger partial charge in [0.25, 0.3) is 0 Å². The Kier molecular flexibility index (Phi) is 11.5. The second-order valence-electron chi connectivity index (χ2n) is 2.44. The smallest absolute Gasteiger partial charge is 0.328 e. The summed E-state index contributed by atoms with van der Waals surface area (Å²) < 4.78 is 19.5. The van der Waals surface area contributed by atoms with Crippen LogP contribution in [0.2, 0.25) is 0 Å². The molecule has 0 aromatic carbocycles. The second-order valence-corrected chi connectivity index (χ2v) is 6.91. The van der Waals surface area contributed by atoms with E-state index in [-0.39, 0.29) is 23.2 Å². The first-order chi connectivity index (χ1) is 7.41. The third-order valence-corrected chi connectivity index (χ3v) is 3.71. The van der Waals surface area contributed by atoms with Crippen LogP contribution in [-0.2, 0) is 18.1 Å². The van der Waals surface area contributed by atoms with Gasteiger partial charge in [-0.25, -0.2) is 0 Å². The topological polar surface area (TPSA) is 77.4 Å². The molecule has 0 aliphatic carbocycles. The molecule has 0 aromatic heterocycles. The Morgan fingerprint density at radius 3 is 1.50 bits per heavy atom. The predicted octanol–water partition coefficient (Wildman–Crippen LogP) is 2.97. The summed E-state index contributed by atoms with van der Waals surface area (Å²) in [7, 11) is -3.84. The summed E-state index contributed by atoms with van der Waals surface area (Å²) in [6.07, 6.45) is 0. The molecular formula is C6H14Br2O6P2. The van der Waals surface area contributed by atoms with Crippen LogP contribution >= 0.6 is 49.1 Å². The molecule has 0 rings (SSSR count). The Bertz CT molecular complexity index is 157. The second kappa shape index (κ2) is 10.5. The zero-order valence-corrected chi connectivity index (χ0v) is 13.7. The molecule has 0 radical (unpaired) electrons. The van der Waals surface area contributed by atoms with Crippen LogP contribution in [-0.4, -0.2) is 33.0 Å². The van der Waals surface area contributed by atoms with Crippen molar-refractivity contribution in [2.75, 3.05) is 13.2 Å². The van der Waals surface area contributed by atoms with Gasteiger partial charge in [0.2, 0.25) is 0 Å². The summed E-state index contributed by atoms with van der Waals surface area (Å²) >= 11 is 6.19. The van der Waals surface area contributed by atoms with Gasteiger partial charge >= 0.3 is 17.2 Å². The van der Waals surface area contributed by atoms with Crippen molar-refractivity contribution in [3.8, 4) is 0 Å². The van der Waals surface area contributed by atoms with Crippen LogP contribution in [0.4, 0.5) is 0 Å². The van der Waals surface area contributed by atoms with Crippen molar-refractivity contribution < 1.29 is 27.9 Å². The van der Waals surface area contributed by atoms with Crippen molar-refractivity contribution in [3.63, 3.8) is 0 Å². The highest BCUT2D eigenvalue weighted by molar-refractivity contribution is 9.09. The fraction of sp³-hybridized carbons (Fsp3) is 1.00. The van der Waals surface area contributed by atoms with Crippen molar-refractivity contribution >= 4 is 49.1 Å². The standard InChI is InChI=1S/C6H14Br2O6P2/c1-5(7)13-15(9)11-3-4-12-16(10)14-6(2)8/h5-6,9-10H,3-4H2,1-2H3. The largest absolute Gasteiger partial charge is 0.331 e. The Balaban J connectivity index is 3.38. The van der Waals surface area contributed by atoms with Gasteiger partial charge < -0.3 is 18.8 Å². The van der Waals surface area contributed by atoms with E-state index in [9.17, 15) is 0 Å². The molecular weight excluding hydrogens is 390 g/mol. The Morgan fingerprint density at radius 2 is 1.25 bits per heavy atom. The van der Waals surface area contributed by atoms with Crippen LogP contribution in [0.5, 0.6) is 0 Å². The number of alkyl halides is 2. The van der Waals surface area contributed by atoms with E-state index in [1.54, 1.807) is 13.8 Å². The minimum Gasteiger partial charge on any atom is -0.328 e. The van der Waals surface area contributed by atoms with Gasteiger partial charge in [0.1, 0.15) is 10.0 Å². The van der Waals surface area contributed by atoms with Crippen LogP contribution < -0.4 is 0 Å². The molecule has 10 heteroatoms. The lowest BCUT2D eigenvalue weighted by Crippen LogP contribution is -2.03. The molecule has 0 fully saturated rings. The molecule has 2 N–H and O–H groups in total. The van der Waals surface area contributed by atoms with Crippen LogP contribution in [0.1, 0.15) is 13.8 Å². The first-order valence-electron chi connectivity index (χ1n) is 4.27. The van der Waals surface area contributed by atoms with Gasteiger partial charge in [-0.15, -0.1) is 0 Å². The lowest BCUT2D eigenvalue weighted by Gasteiger charge is -2.14. The summed E-state index contributed by atoms with van der Waals surface area (Å²) in [5.74, 6) is 0. The van der Waals surface area contributed by atoms with E-state index < -0.39 is 17.2 Å². The number of hydrogen-bond donors (Lipinski definition) is 2. The van der Waals surface area contributed by atoms with Crippen molar-refractivity contribution in [1.82, 2.24) is 0 Å². The highest BCUT2D eigenvalue weighted by atomic mass is 79.9. The van der Waals surface area contributed by atoms with E-state index in [4.69, 9.17) is 27.9 Å². The van der Waals surface area contributed by atoms with Gasteiger partial charge in [-0.1, -0.05) is 31.9 Å². The fourth-order valence-corrected chi connectivity index (χ4v) is 2.48. The van der Waals surface area contributed by atoms with E-state index in [0.717, 1.165) is 0 Å². The van der Waals surface area contributed by atoms with Crippen LogP contribution in [0, 0.1) is 0 Å². The maximum Gasteiger partial charge on any atom is 0.331 e. The molecule has 16 heavy (non-hydrogen) atoms. The zero-order chi connectivity index (χ0) is 12.6. The molecule has 0 heterocycles. The maximum absolute atomic E-state index is 9.17. The highest BCUT2D eigenvalue weighted by Gasteiger charge is 2.12. The van der Waals surface area contributed by atoms with E-state index in [2.05, 4.69) is 31.9 Å². The first kappa shape index (κ1) is 17.6. The van der Waals surface area contributed by atoms with Crippen molar-refractivity contribution in [2.24, 2.45) is 0 Å². The number of rotatable bonds is 9. The molecule has 0 saturated carbocycles. The summed E-state index contributed by atoms with van der Waals surface area (Å²) in [6.45, 7) is 3.65. The molecule has 0 saturated heterocycles. The van der Waals surface area contributed by atoms with Crippen molar-refractivity contribution in [2.45, 2.75) is 23.9 Å². The van der Waals surface area contributed by atoms with Gasteiger partial charge in [0.15, 0.2) is 0 Å². The van der Waals surface area contributed by atoms with Crippen molar-refractivity contribution in [1.29, 1.82) is 0 Å². The molecule has 0 amide bonds. The summed E-state index contributed by atoms with van der Waals surface area (Å²) in [5.41, 5.74) is 0. The minimum absolute atomic E-state index is 0.112. The monoisotopic (exact) mass is 402 g/mol. The SMILES string of the molecule is CC(Br)OP(O)OCCOP(O)OC(C)Br. The zero-order valence-electron chi connectivity index (χ0n) is 8.75. The molecule has 0 spiro atoms. The fourth-order valence-electron chi connectivity index (χ4n) is 0.540. The van der Waals surface area contributed by atoms with Gasteiger partial charge in [0.05, 0.1) is 13.2 Å². The van der Waals surface area contributed by atoms with Gasteiger partial charge in [-0.3, -0.25) is 9.05 Å². The quantitative estimate of drug-likeness (QED) is 0.350. The molecule has 0 aliphatic rings. The molecule has 0 bridgehead atoms. The molecule has 0 aliphatic heterocycles. The van der Waals surface area contributed by atoms with Crippen molar-refractivity contribution in [3.05, 3.63) is 0 Å².